The average molecular weight is 386 g/mol. The van der Waals surface area contributed by atoms with E-state index in [4.69, 9.17) is 9.47 Å². The third kappa shape index (κ3) is 2.72. The molecule has 0 saturated carbocycles. The van der Waals surface area contributed by atoms with Gasteiger partial charge in [-0.15, -0.1) is 10.2 Å². The lowest BCUT2D eigenvalue weighted by Gasteiger charge is -1.97. The van der Waals surface area contributed by atoms with Gasteiger partial charge in [0.05, 0.1) is 24.2 Å². The van der Waals surface area contributed by atoms with Crippen LogP contribution in [0.1, 0.15) is 34.8 Å². The van der Waals surface area contributed by atoms with Gasteiger partial charge < -0.3 is 9.47 Å². The lowest BCUT2D eigenvalue weighted by molar-refractivity contribution is 0.0512. The lowest BCUT2D eigenvalue weighted by atomic mass is 10.3. The molecular formula is C16H14N6O4S. The summed E-state index contributed by atoms with van der Waals surface area (Å²) in [6.07, 6.45) is 0. The molecule has 0 amide bonds. The molecule has 27 heavy (non-hydrogen) atoms. The molecule has 0 aliphatic heterocycles. The molecule has 0 N–H and O–H groups in total. The molecule has 3 heterocycles. The molecule has 4 aromatic rings. The highest BCUT2D eigenvalue weighted by Gasteiger charge is 2.23. The first-order chi connectivity index (χ1) is 13.2. The van der Waals surface area contributed by atoms with Crippen LogP contribution in [0, 0.1) is 0 Å². The van der Waals surface area contributed by atoms with Crippen molar-refractivity contribution in [3.63, 3.8) is 0 Å². The van der Waals surface area contributed by atoms with Gasteiger partial charge in [-0.25, -0.2) is 18.6 Å². The number of para-hydroxylation sites is 2. The monoisotopic (exact) mass is 386 g/mol. The highest BCUT2D eigenvalue weighted by Crippen LogP contribution is 2.26. The van der Waals surface area contributed by atoms with Gasteiger partial charge >= 0.3 is 11.9 Å². The van der Waals surface area contributed by atoms with Crippen LogP contribution in [0.3, 0.4) is 0 Å². The van der Waals surface area contributed by atoms with Gasteiger partial charge in [-0.2, -0.15) is 0 Å². The molecule has 0 unspecified atom stereocenters. The maximum absolute atomic E-state index is 12.3. The Morgan fingerprint density at radius 3 is 1.74 bits per heavy atom. The minimum absolute atomic E-state index is 0.0566. The van der Waals surface area contributed by atoms with E-state index in [1.165, 1.54) is 9.03 Å². The zero-order valence-electron chi connectivity index (χ0n) is 14.4. The van der Waals surface area contributed by atoms with Crippen molar-refractivity contribution in [3.8, 4) is 0 Å². The first kappa shape index (κ1) is 17.1. The smallest absolute Gasteiger partial charge is 0.362 e. The van der Waals surface area contributed by atoms with E-state index in [1.807, 2.05) is 24.3 Å². The van der Waals surface area contributed by atoms with Crippen LogP contribution >= 0.6 is 11.3 Å². The van der Waals surface area contributed by atoms with Crippen molar-refractivity contribution in [2.45, 2.75) is 13.8 Å². The van der Waals surface area contributed by atoms with Gasteiger partial charge in [0.15, 0.2) is 9.66 Å². The summed E-state index contributed by atoms with van der Waals surface area (Å²) < 4.78 is 13.2. The first-order valence-corrected chi connectivity index (χ1v) is 9.00. The molecule has 11 heteroatoms. The van der Waals surface area contributed by atoms with Gasteiger partial charge in [0, 0.05) is 0 Å². The van der Waals surface area contributed by atoms with Crippen molar-refractivity contribution in [2.75, 3.05) is 13.2 Å². The van der Waals surface area contributed by atoms with E-state index >= 15 is 0 Å². The van der Waals surface area contributed by atoms with Crippen molar-refractivity contribution in [1.29, 1.82) is 0 Å². The quantitative estimate of drug-likeness (QED) is 0.489. The van der Waals surface area contributed by atoms with Crippen molar-refractivity contribution >= 4 is 44.0 Å². The van der Waals surface area contributed by atoms with Crippen molar-refractivity contribution in [2.24, 2.45) is 0 Å². The number of hydrogen-bond donors (Lipinski definition) is 0. The summed E-state index contributed by atoms with van der Waals surface area (Å²) in [6, 6.07) is 7.27. The molecule has 4 rings (SSSR count). The second-order valence-corrected chi connectivity index (χ2v) is 6.32. The van der Waals surface area contributed by atoms with Gasteiger partial charge in [-0.1, -0.05) is 33.9 Å². The number of carbonyl (C=O) groups excluding carboxylic acids is 2. The topological polar surface area (TPSA) is 113 Å². The van der Waals surface area contributed by atoms with Crippen LogP contribution in [0.4, 0.5) is 0 Å². The van der Waals surface area contributed by atoms with E-state index in [0.717, 1.165) is 11.3 Å². The molecule has 10 nitrogen and oxygen atoms in total. The van der Waals surface area contributed by atoms with Crippen molar-refractivity contribution in [1.82, 2.24) is 29.7 Å². The molecule has 138 valence electrons. The number of rotatable bonds is 4. The Kier molecular flexibility index (Phi) is 4.28. The van der Waals surface area contributed by atoms with Crippen LogP contribution in [0.2, 0.25) is 0 Å². The third-order valence-electron chi connectivity index (χ3n) is 3.73. The highest BCUT2D eigenvalue weighted by atomic mass is 32.1. The van der Waals surface area contributed by atoms with Gasteiger partial charge in [0.1, 0.15) is 0 Å². The average Bonchev–Trinajstić information content (AvgIpc) is 3.24. The molecule has 0 fully saturated rings. The molecular weight excluding hydrogens is 372 g/mol. The Balaban J connectivity index is 2.14. The molecule has 1 aromatic carbocycles. The second kappa shape index (κ2) is 6.76. The molecule has 0 radical (unpaired) electrons. The molecule has 0 saturated heterocycles. The summed E-state index contributed by atoms with van der Waals surface area (Å²) in [7, 11) is 0. The SMILES string of the molecule is CCOC(=O)c1nnn2c1sc1c(C(=O)OCC)nnn1c1ccccc12. The highest BCUT2D eigenvalue weighted by molar-refractivity contribution is 7.22. The minimum Gasteiger partial charge on any atom is -0.461 e. The number of carbonyl (C=O) groups is 2. The maximum Gasteiger partial charge on any atom is 0.362 e. The normalized spacial score (nSPS) is 11.2. The zero-order chi connectivity index (χ0) is 19.0. The summed E-state index contributed by atoms with van der Waals surface area (Å²) >= 11 is 1.11. The second-order valence-electron chi connectivity index (χ2n) is 5.34. The van der Waals surface area contributed by atoms with Crippen LogP contribution < -0.4 is 0 Å². The number of aromatic nitrogens is 6. The van der Waals surface area contributed by atoms with Gasteiger partial charge in [-0.3, -0.25) is 0 Å². The number of esters is 2. The molecule has 0 bridgehead atoms. The number of nitrogens with zero attached hydrogens (tertiary/aromatic N) is 6. The van der Waals surface area contributed by atoms with Gasteiger partial charge in [0.2, 0.25) is 11.4 Å². The van der Waals surface area contributed by atoms with Gasteiger partial charge in [0.25, 0.3) is 0 Å². The van der Waals surface area contributed by atoms with Crippen LogP contribution in [-0.2, 0) is 9.47 Å². The Morgan fingerprint density at radius 1 is 0.889 bits per heavy atom. The van der Waals surface area contributed by atoms with E-state index in [9.17, 15) is 9.59 Å². The first-order valence-electron chi connectivity index (χ1n) is 8.19. The summed E-state index contributed by atoms with van der Waals surface area (Å²) in [5.74, 6) is -1.19. The Labute approximate surface area is 156 Å². The van der Waals surface area contributed by atoms with Crippen LogP contribution in [0.25, 0.3) is 20.7 Å². The van der Waals surface area contributed by atoms with Gasteiger partial charge in [-0.05, 0) is 26.0 Å². The van der Waals surface area contributed by atoms with Crippen molar-refractivity contribution < 1.29 is 19.1 Å². The van der Waals surface area contributed by atoms with Crippen LogP contribution in [0.15, 0.2) is 24.3 Å². The predicted octanol–water partition coefficient (Wildman–Crippen LogP) is 1.90. The van der Waals surface area contributed by atoms with E-state index in [1.54, 1.807) is 13.8 Å². The fourth-order valence-corrected chi connectivity index (χ4v) is 3.68. The number of ether oxygens (including phenoxy) is 2. The maximum atomic E-state index is 12.3. The van der Waals surface area contributed by atoms with Crippen LogP contribution in [0.5, 0.6) is 0 Å². The van der Waals surface area contributed by atoms with E-state index in [0.29, 0.717) is 20.7 Å². The third-order valence-corrected chi connectivity index (χ3v) is 4.85. The summed E-state index contributed by atoms with van der Waals surface area (Å²) in [5, 5.41) is 16.2. The number of hydrogen-bond acceptors (Lipinski definition) is 9. The summed E-state index contributed by atoms with van der Waals surface area (Å²) in [4.78, 5) is 25.4. The Morgan fingerprint density at radius 2 is 1.33 bits per heavy atom. The zero-order valence-corrected chi connectivity index (χ0v) is 15.3. The largest absolute Gasteiger partial charge is 0.461 e. The van der Waals surface area contributed by atoms with E-state index in [-0.39, 0.29) is 24.6 Å². The van der Waals surface area contributed by atoms with Crippen molar-refractivity contribution in [3.05, 3.63) is 35.7 Å². The molecule has 0 atom stereocenters. The fraction of sp³-hybridized carbons (Fsp3) is 0.250. The number of fused-ring (bicyclic) bond motifs is 5. The minimum atomic E-state index is -0.595. The van der Waals surface area contributed by atoms with E-state index < -0.39 is 11.9 Å². The fourth-order valence-electron chi connectivity index (χ4n) is 2.61. The molecule has 0 spiro atoms. The molecule has 3 aromatic heterocycles. The van der Waals surface area contributed by atoms with Crippen LogP contribution in [-0.4, -0.2) is 54.8 Å². The predicted molar refractivity (Wildman–Crippen MR) is 95.6 cm³/mol. The number of benzene rings is 1. The molecule has 0 aliphatic rings. The summed E-state index contributed by atoms with van der Waals surface area (Å²) in [5.41, 5.74) is 1.39. The standard InChI is InChI=1S/C16H14N6O4S/c1-3-25-15(23)11-13-21(19-17-11)9-7-5-6-8-10(9)22-14(27-13)12(18-20-22)16(24)26-4-2/h5-8H,3-4H2,1-2H3. The molecule has 0 aliphatic carbocycles. The lowest BCUT2D eigenvalue weighted by Crippen LogP contribution is -2.06. The van der Waals surface area contributed by atoms with E-state index in [2.05, 4.69) is 20.6 Å². The Bertz CT molecular complexity index is 1120. The Hall–Kier alpha value is -3.34. The summed E-state index contributed by atoms with van der Waals surface area (Å²) in [6.45, 7) is 3.83.